The highest BCUT2D eigenvalue weighted by molar-refractivity contribution is 6.04. The SMILES string of the molecule is O=C(O)c1ccccc1C(=O)NC1CCN(C(=O)c2cccc(F)c2)CC1. The average molecular weight is 370 g/mol. The Morgan fingerprint density at radius 3 is 2.30 bits per heavy atom. The highest BCUT2D eigenvalue weighted by Gasteiger charge is 2.26. The lowest BCUT2D eigenvalue weighted by atomic mass is 10.0. The number of hydrogen-bond donors (Lipinski definition) is 2. The van der Waals surface area contributed by atoms with Crippen LogP contribution in [-0.2, 0) is 0 Å². The molecule has 27 heavy (non-hydrogen) atoms. The Bertz CT molecular complexity index is 876. The van der Waals surface area contributed by atoms with E-state index in [0.717, 1.165) is 0 Å². The number of hydrogen-bond acceptors (Lipinski definition) is 3. The molecule has 140 valence electrons. The summed E-state index contributed by atoms with van der Waals surface area (Å²) in [7, 11) is 0. The predicted molar refractivity (Wildman–Crippen MR) is 96.2 cm³/mol. The second-order valence-corrected chi connectivity index (χ2v) is 6.40. The number of nitrogens with zero attached hydrogens (tertiary/aromatic N) is 1. The van der Waals surface area contributed by atoms with E-state index in [-0.39, 0.29) is 23.1 Å². The highest BCUT2D eigenvalue weighted by atomic mass is 19.1. The fraction of sp³-hybridized carbons (Fsp3) is 0.250. The van der Waals surface area contributed by atoms with Crippen molar-refractivity contribution < 1.29 is 23.9 Å². The van der Waals surface area contributed by atoms with Crippen molar-refractivity contribution in [1.82, 2.24) is 10.2 Å². The molecular formula is C20H19FN2O4. The fourth-order valence-corrected chi connectivity index (χ4v) is 3.16. The van der Waals surface area contributed by atoms with Gasteiger partial charge in [-0.2, -0.15) is 0 Å². The van der Waals surface area contributed by atoms with Crippen LogP contribution in [0.15, 0.2) is 48.5 Å². The minimum absolute atomic E-state index is 0.0475. The zero-order valence-corrected chi connectivity index (χ0v) is 14.5. The lowest BCUT2D eigenvalue weighted by molar-refractivity contribution is 0.0675. The monoisotopic (exact) mass is 370 g/mol. The molecule has 6 nitrogen and oxygen atoms in total. The van der Waals surface area contributed by atoms with E-state index in [2.05, 4.69) is 5.32 Å². The molecule has 0 spiro atoms. The number of carbonyl (C=O) groups is 3. The summed E-state index contributed by atoms with van der Waals surface area (Å²) >= 11 is 0. The van der Waals surface area contributed by atoms with Gasteiger partial charge in [0, 0.05) is 24.7 Å². The number of piperidine rings is 1. The summed E-state index contributed by atoms with van der Waals surface area (Å²) in [6, 6.07) is 11.4. The topological polar surface area (TPSA) is 86.7 Å². The summed E-state index contributed by atoms with van der Waals surface area (Å²) in [5.41, 5.74) is 0.366. The van der Waals surface area contributed by atoms with Gasteiger partial charge in [-0.05, 0) is 43.2 Å². The lowest BCUT2D eigenvalue weighted by Crippen LogP contribution is -2.46. The van der Waals surface area contributed by atoms with Crippen LogP contribution in [0.1, 0.15) is 43.9 Å². The summed E-state index contributed by atoms with van der Waals surface area (Å²) in [6.45, 7) is 0.863. The van der Waals surface area contributed by atoms with E-state index in [1.54, 1.807) is 23.1 Å². The van der Waals surface area contributed by atoms with E-state index >= 15 is 0 Å². The van der Waals surface area contributed by atoms with E-state index in [0.29, 0.717) is 31.5 Å². The second kappa shape index (κ2) is 7.99. The number of likely N-dealkylation sites (tertiary alicyclic amines) is 1. The number of aromatic carboxylic acids is 1. The number of benzene rings is 2. The van der Waals surface area contributed by atoms with Crippen LogP contribution in [0.4, 0.5) is 4.39 Å². The zero-order chi connectivity index (χ0) is 19.4. The quantitative estimate of drug-likeness (QED) is 0.866. The fourth-order valence-electron chi connectivity index (χ4n) is 3.16. The van der Waals surface area contributed by atoms with Gasteiger partial charge in [0.25, 0.3) is 11.8 Å². The number of carbonyl (C=O) groups excluding carboxylic acids is 2. The second-order valence-electron chi connectivity index (χ2n) is 6.40. The van der Waals surface area contributed by atoms with Crippen LogP contribution in [-0.4, -0.2) is 46.9 Å². The van der Waals surface area contributed by atoms with Crippen molar-refractivity contribution in [1.29, 1.82) is 0 Å². The molecule has 1 saturated heterocycles. The minimum atomic E-state index is -1.16. The molecule has 2 aromatic carbocycles. The van der Waals surface area contributed by atoms with Crippen LogP contribution in [0.3, 0.4) is 0 Å². The first-order valence-electron chi connectivity index (χ1n) is 8.63. The molecule has 0 bridgehead atoms. The van der Waals surface area contributed by atoms with Crippen LogP contribution in [0.25, 0.3) is 0 Å². The molecule has 2 aromatic rings. The van der Waals surface area contributed by atoms with Crippen LogP contribution >= 0.6 is 0 Å². The average Bonchev–Trinajstić information content (AvgIpc) is 2.68. The van der Waals surface area contributed by atoms with Gasteiger partial charge in [0.15, 0.2) is 0 Å². The summed E-state index contributed by atoms with van der Waals surface area (Å²) in [6.07, 6.45) is 1.09. The number of carboxylic acids is 1. The Balaban J connectivity index is 1.59. The molecule has 1 aliphatic rings. The maximum atomic E-state index is 13.3. The molecule has 2 N–H and O–H groups in total. The third-order valence-corrected chi connectivity index (χ3v) is 4.59. The number of halogens is 1. The van der Waals surface area contributed by atoms with Crippen molar-refractivity contribution in [3.05, 3.63) is 71.0 Å². The van der Waals surface area contributed by atoms with Gasteiger partial charge in [0.1, 0.15) is 5.82 Å². The van der Waals surface area contributed by atoms with Gasteiger partial charge in [-0.25, -0.2) is 9.18 Å². The van der Waals surface area contributed by atoms with Crippen molar-refractivity contribution >= 4 is 17.8 Å². The Hall–Kier alpha value is -3.22. The van der Waals surface area contributed by atoms with Crippen molar-refractivity contribution in [3.63, 3.8) is 0 Å². The number of rotatable bonds is 4. The predicted octanol–water partition coefficient (Wildman–Crippen LogP) is 2.56. The number of amides is 2. The van der Waals surface area contributed by atoms with Gasteiger partial charge in [-0.15, -0.1) is 0 Å². The Morgan fingerprint density at radius 2 is 1.67 bits per heavy atom. The van der Waals surface area contributed by atoms with Crippen molar-refractivity contribution in [3.8, 4) is 0 Å². The van der Waals surface area contributed by atoms with Gasteiger partial charge < -0.3 is 15.3 Å². The summed E-state index contributed by atoms with van der Waals surface area (Å²) < 4.78 is 13.3. The van der Waals surface area contributed by atoms with Crippen molar-refractivity contribution in [2.45, 2.75) is 18.9 Å². The molecule has 0 unspecified atom stereocenters. The van der Waals surface area contributed by atoms with Crippen molar-refractivity contribution in [2.75, 3.05) is 13.1 Å². The molecule has 0 saturated carbocycles. The van der Waals surface area contributed by atoms with Crippen LogP contribution in [0.5, 0.6) is 0 Å². The smallest absolute Gasteiger partial charge is 0.336 e. The zero-order valence-electron chi connectivity index (χ0n) is 14.5. The molecule has 0 aromatic heterocycles. The molecule has 0 aliphatic carbocycles. The number of nitrogens with one attached hydrogen (secondary N) is 1. The van der Waals surface area contributed by atoms with Gasteiger partial charge in [0.05, 0.1) is 11.1 Å². The van der Waals surface area contributed by atoms with E-state index in [9.17, 15) is 23.9 Å². The normalized spacial score (nSPS) is 14.6. The van der Waals surface area contributed by atoms with Gasteiger partial charge in [-0.1, -0.05) is 18.2 Å². The van der Waals surface area contributed by atoms with E-state index in [1.807, 2.05) is 0 Å². The Morgan fingerprint density at radius 1 is 1.00 bits per heavy atom. The summed E-state index contributed by atoms with van der Waals surface area (Å²) in [4.78, 5) is 37.7. The standard InChI is InChI=1S/C20H19FN2O4/c21-14-5-3-4-13(12-14)19(25)23-10-8-15(9-11-23)22-18(24)16-6-1-2-7-17(16)20(26)27/h1-7,12,15H,8-11H2,(H,22,24)(H,26,27). The lowest BCUT2D eigenvalue weighted by Gasteiger charge is -2.32. The molecule has 1 aliphatic heterocycles. The summed E-state index contributed by atoms with van der Waals surface area (Å²) in [5, 5.41) is 12.0. The van der Waals surface area contributed by atoms with Gasteiger partial charge >= 0.3 is 5.97 Å². The van der Waals surface area contributed by atoms with Gasteiger partial charge in [0.2, 0.25) is 0 Å². The van der Waals surface area contributed by atoms with E-state index < -0.39 is 17.7 Å². The first-order valence-corrected chi connectivity index (χ1v) is 8.63. The molecule has 1 heterocycles. The number of carboxylic acid groups (broad SMARTS) is 1. The minimum Gasteiger partial charge on any atom is -0.478 e. The van der Waals surface area contributed by atoms with Gasteiger partial charge in [-0.3, -0.25) is 9.59 Å². The highest BCUT2D eigenvalue weighted by Crippen LogP contribution is 2.16. The molecule has 3 rings (SSSR count). The van der Waals surface area contributed by atoms with Crippen LogP contribution < -0.4 is 5.32 Å². The first kappa shape index (κ1) is 18.6. The third kappa shape index (κ3) is 4.31. The van der Waals surface area contributed by atoms with E-state index in [1.165, 1.54) is 30.3 Å². The Kier molecular flexibility index (Phi) is 5.49. The molecule has 1 fully saturated rings. The van der Waals surface area contributed by atoms with Crippen molar-refractivity contribution in [2.24, 2.45) is 0 Å². The van der Waals surface area contributed by atoms with Crippen LogP contribution in [0, 0.1) is 5.82 Å². The first-order chi connectivity index (χ1) is 13.0. The maximum Gasteiger partial charge on any atom is 0.336 e. The molecule has 7 heteroatoms. The summed E-state index contributed by atoms with van der Waals surface area (Å²) in [5.74, 6) is -2.30. The van der Waals surface area contributed by atoms with E-state index in [4.69, 9.17) is 0 Å². The third-order valence-electron chi connectivity index (χ3n) is 4.59. The molecule has 0 radical (unpaired) electrons. The molecule has 2 amide bonds. The Labute approximate surface area is 155 Å². The largest absolute Gasteiger partial charge is 0.478 e. The maximum absolute atomic E-state index is 13.3. The molecular weight excluding hydrogens is 351 g/mol. The van der Waals surface area contributed by atoms with Crippen LogP contribution in [0.2, 0.25) is 0 Å². The molecule has 0 atom stereocenters.